The van der Waals surface area contributed by atoms with Gasteiger partial charge in [0.05, 0.1) is 16.7 Å². The van der Waals surface area contributed by atoms with Crippen LogP contribution in [0.3, 0.4) is 0 Å². The van der Waals surface area contributed by atoms with Crippen molar-refractivity contribution in [1.82, 2.24) is 19.7 Å². The highest BCUT2D eigenvalue weighted by Gasteiger charge is 2.34. The van der Waals surface area contributed by atoms with Crippen molar-refractivity contribution >= 4 is 17.2 Å². The van der Waals surface area contributed by atoms with Gasteiger partial charge in [-0.2, -0.15) is 5.10 Å². The fourth-order valence-electron chi connectivity index (χ4n) is 3.38. The summed E-state index contributed by atoms with van der Waals surface area (Å²) in [6.07, 6.45) is 2.73. The van der Waals surface area contributed by atoms with Crippen LogP contribution in [0.2, 0.25) is 0 Å². The first-order valence-corrected chi connectivity index (χ1v) is 8.86. The zero-order chi connectivity index (χ0) is 16.6. The quantitative estimate of drug-likeness (QED) is 0.928. The summed E-state index contributed by atoms with van der Waals surface area (Å²) in [6.45, 7) is 5.42. The maximum absolute atomic E-state index is 12.9. The number of aryl methyl sites for hydroxylation is 2. The molecule has 1 amide bonds. The molecule has 1 saturated heterocycles. The van der Waals surface area contributed by atoms with Crippen molar-refractivity contribution in [2.24, 2.45) is 12.8 Å². The van der Waals surface area contributed by atoms with Crippen LogP contribution in [0.15, 0.2) is 5.38 Å². The van der Waals surface area contributed by atoms with E-state index in [1.165, 1.54) is 16.9 Å². The van der Waals surface area contributed by atoms with Gasteiger partial charge >= 0.3 is 0 Å². The van der Waals surface area contributed by atoms with Gasteiger partial charge in [-0.25, -0.2) is 4.98 Å². The lowest BCUT2D eigenvalue weighted by atomic mass is 10.0. The Labute approximate surface area is 140 Å². The van der Waals surface area contributed by atoms with Gasteiger partial charge in [-0.15, -0.1) is 11.3 Å². The molecule has 2 aromatic heterocycles. The number of likely N-dealkylation sites (tertiary alicyclic amines) is 1. The molecule has 1 atom stereocenters. The summed E-state index contributed by atoms with van der Waals surface area (Å²) in [7, 11) is 1.95. The second-order valence-corrected chi connectivity index (χ2v) is 6.97. The number of nitrogens with zero attached hydrogens (tertiary/aromatic N) is 4. The molecule has 6 nitrogen and oxygen atoms in total. The molecule has 0 spiro atoms. The summed E-state index contributed by atoms with van der Waals surface area (Å²) in [5.41, 5.74) is 9.44. The van der Waals surface area contributed by atoms with E-state index in [-0.39, 0.29) is 11.9 Å². The number of hydrogen-bond acceptors (Lipinski definition) is 5. The molecule has 1 unspecified atom stereocenters. The number of rotatable bonds is 4. The highest BCUT2D eigenvalue weighted by atomic mass is 32.1. The highest BCUT2D eigenvalue weighted by Crippen LogP contribution is 2.36. The van der Waals surface area contributed by atoms with Crippen LogP contribution in [0.4, 0.5) is 0 Å². The van der Waals surface area contributed by atoms with Gasteiger partial charge in [0.2, 0.25) is 0 Å². The number of aromatic nitrogens is 3. The Balaban J connectivity index is 1.87. The molecule has 1 aliphatic rings. The third-order valence-electron chi connectivity index (χ3n) is 4.54. The summed E-state index contributed by atoms with van der Waals surface area (Å²) >= 11 is 1.51. The monoisotopic (exact) mass is 333 g/mol. The molecular formula is C16H23N5OS. The fourth-order valence-corrected chi connectivity index (χ4v) is 4.16. The van der Waals surface area contributed by atoms with E-state index in [4.69, 9.17) is 5.73 Å². The van der Waals surface area contributed by atoms with Gasteiger partial charge in [-0.05, 0) is 33.2 Å². The van der Waals surface area contributed by atoms with Crippen LogP contribution in [0.5, 0.6) is 0 Å². The first kappa shape index (κ1) is 16.1. The Morgan fingerprint density at radius 2 is 2.26 bits per heavy atom. The van der Waals surface area contributed by atoms with Gasteiger partial charge in [-0.3, -0.25) is 9.48 Å². The second kappa shape index (κ2) is 6.41. The second-order valence-electron chi connectivity index (χ2n) is 6.03. The molecule has 0 saturated carbocycles. The van der Waals surface area contributed by atoms with Crippen LogP contribution in [0.25, 0.3) is 0 Å². The number of nitrogens with two attached hydrogens (primary N) is 1. The molecule has 23 heavy (non-hydrogen) atoms. The van der Waals surface area contributed by atoms with Gasteiger partial charge in [0.15, 0.2) is 0 Å². The molecule has 2 aromatic rings. The van der Waals surface area contributed by atoms with E-state index >= 15 is 0 Å². The average Bonchev–Trinajstić information content (AvgIpc) is 3.20. The van der Waals surface area contributed by atoms with Crippen molar-refractivity contribution in [1.29, 1.82) is 0 Å². The van der Waals surface area contributed by atoms with Crippen molar-refractivity contribution in [3.05, 3.63) is 33.0 Å². The van der Waals surface area contributed by atoms with Crippen LogP contribution in [-0.4, -0.2) is 38.7 Å². The Kier molecular flexibility index (Phi) is 4.50. The lowest BCUT2D eigenvalue weighted by Crippen LogP contribution is -2.31. The molecule has 0 aromatic carbocycles. The van der Waals surface area contributed by atoms with Gasteiger partial charge < -0.3 is 10.6 Å². The minimum Gasteiger partial charge on any atom is -0.330 e. The number of carbonyl (C=O) groups excluding carboxylic acids is 1. The number of thiazole rings is 1. The van der Waals surface area contributed by atoms with Crippen molar-refractivity contribution in [3.63, 3.8) is 0 Å². The SMILES string of the molecule is Cc1nn(C)c(C)c1C1CCCN1C(=O)c1csc(CCN)n1. The molecule has 3 heterocycles. The lowest BCUT2D eigenvalue weighted by Gasteiger charge is -2.24. The maximum Gasteiger partial charge on any atom is 0.273 e. The number of amides is 1. The summed E-state index contributed by atoms with van der Waals surface area (Å²) in [6, 6.07) is 0.107. The summed E-state index contributed by atoms with van der Waals surface area (Å²) in [5.74, 6) is 0.0228. The predicted octanol–water partition coefficient (Wildman–Crippen LogP) is 1.97. The van der Waals surface area contributed by atoms with Gasteiger partial charge in [0, 0.05) is 36.7 Å². The smallest absolute Gasteiger partial charge is 0.273 e. The predicted molar refractivity (Wildman–Crippen MR) is 90.6 cm³/mol. The minimum atomic E-state index is 0.0228. The topological polar surface area (TPSA) is 77.0 Å². The summed E-state index contributed by atoms with van der Waals surface area (Å²) in [5, 5.41) is 7.29. The number of carbonyl (C=O) groups is 1. The van der Waals surface area contributed by atoms with E-state index < -0.39 is 0 Å². The van der Waals surface area contributed by atoms with Gasteiger partial charge in [0.1, 0.15) is 5.69 Å². The van der Waals surface area contributed by atoms with Crippen LogP contribution >= 0.6 is 11.3 Å². The maximum atomic E-state index is 12.9. The fraction of sp³-hybridized carbons (Fsp3) is 0.562. The molecule has 7 heteroatoms. The molecule has 3 rings (SSSR count). The van der Waals surface area contributed by atoms with E-state index in [0.717, 1.165) is 42.2 Å². The third-order valence-corrected chi connectivity index (χ3v) is 5.45. The molecule has 1 fully saturated rings. The molecule has 124 valence electrons. The Bertz CT molecular complexity index is 720. The molecular weight excluding hydrogens is 310 g/mol. The minimum absolute atomic E-state index is 0.0228. The first-order chi connectivity index (χ1) is 11.0. The van der Waals surface area contributed by atoms with Crippen molar-refractivity contribution in [3.8, 4) is 0 Å². The molecule has 0 radical (unpaired) electrons. The van der Waals surface area contributed by atoms with Crippen molar-refractivity contribution in [2.75, 3.05) is 13.1 Å². The summed E-state index contributed by atoms with van der Waals surface area (Å²) in [4.78, 5) is 19.3. The van der Waals surface area contributed by atoms with Gasteiger partial charge in [-0.1, -0.05) is 0 Å². The zero-order valence-electron chi connectivity index (χ0n) is 13.9. The third kappa shape index (κ3) is 2.90. The van der Waals surface area contributed by atoms with Gasteiger partial charge in [0.25, 0.3) is 5.91 Å². The van der Waals surface area contributed by atoms with Crippen LogP contribution in [0.1, 0.15) is 51.3 Å². The van der Waals surface area contributed by atoms with E-state index in [2.05, 4.69) is 17.0 Å². The zero-order valence-corrected chi connectivity index (χ0v) is 14.7. The molecule has 2 N–H and O–H groups in total. The van der Waals surface area contributed by atoms with Crippen molar-refractivity contribution < 1.29 is 4.79 Å². The average molecular weight is 333 g/mol. The normalized spacial score (nSPS) is 17.9. The highest BCUT2D eigenvalue weighted by molar-refractivity contribution is 7.09. The van der Waals surface area contributed by atoms with Crippen LogP contribution in [-0.2, 0) is 13.5 Å². The van der Waals surface area contributed by atoms with E-state index in [1.54, 1.807) is 0 Å². The van der Waals surface area contributed by atoms with E-state index in [9.17, 15) is 4.79 Å². The Morgan fingerprint density at radius 1 is 1.48 bits per heavy atom. The van der Waals surface area contributed by atoms with Crippen LogP contribution in [0, 0.1) is 13.8 Å². The Morgan fingerprint density at radius 3 is 2.91 bits per heavy atom. The van der Waals surface area contributed by atoms with Crippen LogP contribution < -0.4 is 5.73 Å². The Hall–Kier alpha value is -1.73. The van der Waals surface area contributed by atoms with E-state index in [0.29, 0.717) is 12.2 Å². The summed E-state index contributed by atoms with van der Waals surface area (Å²) < 4.78 is 1.90. The number of hydrogen-bond donors (Lipinski definition) is 1. The largest absolute Gasteiger partial charge is 0.330 e. The standard InChI is InChI=1S/C16H23N5OS/c1-10-15(11(2)20(3)19-10)13-5-4-8-21(13)16(22)12-9-23-14(18-12)6-7-17/h9,13H,4-8,17H2,1-3H3. The molecule has 1 aliphatic heterocycles. The van der Waals surface area contributed by atoms with E-state index in [1.807, 2.05) is 28.9 Å². The van der Waals surface area contributed by atoms with Crippen molar-refractivity contribution in [2.45, 2.75) is 39.2 Å². The molecule has 0 aliphatic carbocycles. The molecule has 0 bridgehead atoms. The lowest BCUT2D eigenvalue weighted by molar-refractivity contribution is 0.0729. The first-order valence-electron chi connectivity index (χ1n) is 7.98.